The van der Waals surface area contributed by atoms with Gasteiger partial charge >= 0.3 is 0 Å². The summed E-state index contributed by atoms with van der Waals surface area (Å²) in [5, 5.41) is 3.26. The van der Waals surface area contributed by atoms with E-state index in [0.717, 1.165) is 18.4 Å². The smallest absolute Gasteiger partial charge is 0.229 e. The minimum atomic E-state index is -0.238. The van der Waals surface area contributed by atoms with Crippen molar-refractivity contribution in [1.82, 2.24) is 10.2 Å². The van der Waals surface area contributed by atoms with Crippen LogP contribution in [0.1, 0.15) is 42.7 Å². The molecule has 22 heavy (non-hydrogen) atoms. The highest BCUT2D eigenvalue weighted by Crippen LogP contribution is 2.34. The predicted octanol–water partition coefficient (Wildman–Crippen LogP) is 1.78. The molecule has 2 saturated heterocycles. The first-order valence-electron chi connectivity index (χ1n) is 8.37. The molecule has 0 radical (unpaired) electrons. The Balaban J connectivity index is 1.64. The molecule has 4 heteroatoms. The Labute approximate surface area is 133 Å². The van der Waals surface area contributed by atoms with Gasteiger partial charge in [0.1, 0.15) is 0 Å². The maximum absolute atomic E-state index is 12.6. The molecule has 2 aliphatic rings. The Morgan fingerprint density at radius 1 is 1.27 bits per heavy atom. The highest BCUT2D eigenvalue weighted by Gasteiger charge is 2.39. The van der Waals surface area contributed by atoms with Crippen molar-refractivity contribution in [3.05, 3.63) is 35.4 Å². The number of fused-ring (bicyclic) bond motifs is 2. The van der Waals surface area contributed by atoms with Gasteiger partial charge in [-0.25, -0.2) is 0 Å². The lowest BCUT2D eigenvalue weighted by Crippen LogP contribution is -2.50. The van der Waals surface area contributed by atoms with Gasteiger partial charge in [-0.1, -0.05) is 29.8 Å². The van der Waals surface area contributed by atoms with Gasteiger partial charge in [0.15, 0.2) is 0 Å². The predicted molar refractivity (Wildman–Crippen MR) is 88.7 cm³/mol. The highest BCUT2D eigenvalue weighted by atomic mass is 16.2. The van der Waals surface area contributed by atoms with Crippen LogP contribution in [0, 0.1) is 6.92 Å². The lowest BCUT2D eigenvalue weighted by molar-refractivity contribution is -0.123. The molecule has 1 aromatic rings. The van der Waals surface area contributed by atoms with Crippen LogP contribution < -0.4 is 11.1 Å². The summed E-state index contributed by atoms with van der Waals surface area (Å²) < 4.78 is 0. The molecule has 2 aliphatic heterocycles. The standard InChI is InChI=1S/C18H27N3O/c1-12-3-5-13(6-4-12)17(11-19)18(22)20-14-9-15-7-8-16(10-14)21(15)2/h3-6,14-17H,7-11,19H2,1-2H3,(H,20,22)/t14?,15?,16?,17-/m0/s1. The molecular weight excluding hydrogens is 274 g/mol. The number of nitrogens with one attached hydrogen (secondary N) is 1. The summed E-state index contributed by atoms with van der Waals surface area (Å²) in [4.78, 5) is 15.1. The third-order valence-corrected chi connectivity index (χ3v) is 5.48. The fourth-order valence-electron chi connectivity index (χ4n) is 4.02. The molecule has 0 saturated carbocycles. The Morgan fingerprint density at radius 3 is 2.41 bits per heavy atom. The van der Waals surface area contributed by atoms with Crippen molar-refractivity contribution in [2.24, 2.45) is 5.73 Å². The molecular formula is C18H27N3O. The Morgan fingerprint density at radius 2 is 1.86 bits per heavy atom. The number of carbonyl (C=O) groups excluding carboxylic acids is 1. The summed E-state index contributed by atoms with van der Waals surface area (Å²) in [6, 6.07) is 9.71. The van der Waals surface area contributed by atoms with Gasteiger partial charge in [-0.3, -0.25) is 4.79 Å². The summed E-state index contributed by atoms with van der Waals surface area (Å²) in [5.74, 6) is -0.154. The zero-order chi connectivity index (χ0) is 15.7. The van der Waals surface area contributed by atoms with Crippen LogP contribution in [0.4, 0.5) is 0 Å². The van der Waals surface area contributed by atoms with Crippen molar-refractivity contribution < 1.29 is 4.79 Å². The van der Waals surface area contributed by atoms with E-state index in [1.165, 1.54) is 18.4 Å². The third-order valence-electron chi connectivity index (χ3n) is 5.48. The average molecular weight is 301 g/mol. The SMILES string of the molecule is Cc1ccc([C@H](CN)C(=O)NC2CC3CCC(C2)N3C)cc1. The number of rotatable bonds is 4. The van der Waals surface area contributed by atoms with Gasteiger partial charge in [0.05, 0.1) is 5.92 Å². The molecule has 1 aromatic carbocycles. The monoisotopic (exact) mass is 301 g/mol. The van der Waals surface area contributed by atoms with Gasteiger partial charge in [-0.15, -0.1) is 0 Å². The summed E-state index contributed by atoms with van der Waals surface area (Å²) in [5.41, 5.74) is 8.08. The molecule has 4 nitrogen and oxygen atoms in total. The van der Waals surface area contributed by atoms with Crippen molar-refractivity contribution in [3.63, 3.8) is 0 Å². The van der Waals surface area contributed by atoms with Crippen molar-refractivity contribution >= 4 is 5.91 Å². The first kappa shape index (κ1) is 15.5. The largest absolute Gasteiger partial charge is 0.353 e. The van der Waals surface area contributed by atoms with Crippen molar-refractivity contribution in [2.75, 3.05) is 13.6 Å². The summed E-state index contributed by atoms with van der Waals surface area (Å²) in [6.07, 6.45) is 4.69. The maximum Gasteiger partial charge on any atom is 0.229 e. The number of hydrogen-bond donors (Lipinski definition) is 2. The van der Waals surface area contributed by atoms with Crippen LogP contribution >= 0.6 is 0 Å². The molecule has 3 N–H and O–H groups in total. The van der Waals surface area contributed by atoms with E-state index >= 15 is 0 Å². The molecule has 2 bridgehead atoms. The number of piperidine rings is 1. The van der Waals surface area contributed by atoms with Crippen LogP contribution in [0.3, 0.4) is 0 Å². The number of benzene rings is 1. The number of nitrogens with zero attached hydrogens (tertiary/aromatic N) is 1. The lowest BCUT2D eigenvalue weighted by atomic mass is 9.94. The number of amides is 1. The van der Waals surface area contributed by atoms with Gasteiger partial charge in [0.2, 0.25) is 5.91 Å². The van der Waals surface area contributed by atoms with E-state index in [-0.39, 0.29) is 11.8 Å². The van der Waals surface area contributed by atoms with Crippen LogP contribution in [0.25, 0.3) is 0 Å². The van der Waals surface area contributed by atoms with E-state index in [9.17, 15) is 4.79 Å². The second-order valence-corrected chi connectivity index (χ2v) is 6.93. The van der Waals surface area contributed by atoms with Crippen LogP contribution in [-0.2, 0) is 4.79 Å². The van der Waals surface area contributed by atoms with Crippen molar-refractivity contribution in [2.45, 2.75) is 56.7 Å². The molecule has 2 heterocycles. The third kappa shape index (κ3) is 3.03. The molecule has 0 aliphatic carbocycles. The van der Waals surface area contributed by atoms with Crippen LogP contribution in [-0.4, -0.2) is 42.5 Å². The van der Waals surface area contributed by atoms with Gasteiger partial charge in [-0.05, 0) is 45.2 Å². The first-order valence-corrected chi connectivity index (χ1v) is 8.37. The van der Waals surface area contributed by atoms with E-state index in [0.29, 0.717) is 24.7 Å². The molecule has 1 amide bonds. The molecule has 0 aromatic heterocycles. The van der Waals surface area contributed by atoms with E-state index in [2.05, 4.69) is 24.2 Å². The topological polar surface area (TPSA) is 58.4 Å². The molecule has 2 fully saturated rings. The number of nitrogens with two attached hydrogens (primary N) is 1. The fourth-order valence-corrected chi connectivity index (χ4v) is 4.02. The normalized spacial score (nSPS) is 29.3. The molecule has 3 atom stereocenters. The van der Waals surface area contributed by atoms with Crippen LogP contribution in [0.5, 0.6) is 0 Å². The zero-order valence-corrected chi connectivity index (χ0v) is 13.6. The summed E-state index contributed by atoms with van der Waals surface area (Å²) in [7, 11) is 2.22. The number of hydrogen-bond acceptors (Lipinski definition) is 3. The van der Waals surface area contributed by atoms with E-state index < -0.39 is 0 Å². The molecule has 120 valence electrons. The lowest BCUT2D eigenvalue weighted by Gasteiger charge is -2.37. The maximum atomic E-state index is 12.6. The van der Waals surface area contributed by atoms with Crippen molar-refractivity contribution in [3.8, 4) is 0 Å². The van der Waals surface area contributed by atoms with E-state index in [1.807, 2.05) is 24.3 Å². The Kier molecular flexibility index (Phi) is 4.50. The Bertz CT molecular complexity index is 514. The van der Waals surface area contributed by atoms with Crippen LogP contribution in [0.2, 0.25) is 0 Å². The number of aryl methyl sites for hydroxylation is 1. The molecule has 3 rings (SSSR count). The second kappa shape index (κ2) is 6.39. The van der Waals surface area contributed by atoms with Gasteiger partial charge in [0.25, 0.3) is 0 Å². The minimum Gasteiger partial charge on any atom is -0.353 e. The second-order valence-electron chi connectivity index (χ2n) is 6.93. The zero-order valence-electron chi connectivity index (χ0n) is 13.6. The number of carbonyl (C=O) groups is 1. The fraction of sp³-hybridized carbons (Fsp3) is 0.611. The van der Waals surface area contributed by atoms with E-state index in [4.69, 9.17) is 5.73 Å². The summed E-state index contributed by atoms with van der Waals surface area (Å²) in [6.45, 7) is 2.41. The molecule has 2 unspecified atom stereocenters. The highest BCUT2D eigenvalue weighted by molar-refractivity contribution is 5.84. The van der Waals surface area contributed by atoms with Crippen LogP contribution in [0.15, 0.2) is 24.3 Å². The Hall–Kier alpha value is -1.39. The van der Waals surface area contributed by atoms with Gasteiger partial charge in [0, 0.05) is 24.7 Å². The average Bonchev–Trinajstić information content (AvgIpc) is 2.72. The molecule has 0 spiro atoms. The summed E-state index contributed by atoms with van der Waals surface area (Å²) >= 11 is 0. The van der Waals surface area contributed by atoms with Crippen molar-refractivity contribution in [1.29, 1.82) is 0 Å². The quantitative estimate of drug-likeness (QED) is 0.891. The van der Waals surface area contributed by atoms with Gasteiger partial charge in [-0.2, -0.15) is 0 Å². The van der Waals surface area contributed by atoms with E-state index in [1.54, 1.807) is 0 Å². The van der Waals surface area contributed by atoms with Gasteiger partial charge < -0.3 is 16.0 Å². The first-order chi connectivity index (χ1) is 10.6. The minimum absolute atomic E-state index is 0.0836.